The smallest absolute Gasteiger partial charge is 0.210 e. The van der Waals surface area contributed by atoms with Crippen LogP contribution in [0.1, 0.15) is 11.4 Å². The van der Waals surface area contributed by atoms with Gasteiger partial charge in [-0.15, -0.1) is 0 Å². The highest BCUT2D eigenvalue weighted by Gasteiger charge is 2.06. The Bertz CT molecular complexity index is 420. The van der Waals surface area contributed by atoms with E-state index in [9.17, 15) is 4.79 Å². The fourth-order valence-electron chi connectivity index (χ4n) is 1.37. The first-order valence-electron chi connectivity index (χ1n) is 5.07. The zero-order valence-electron chi connectivity index (χ0n) is 9.10. The summed E-state index contributed by atoms with van der Waals surface area (Å²) in [6.07, 6.45) is 10.4. The third-order valence-corrected chi connectivity index (χ3v) is 2.11. The van der Waals surface area contributed by atoms with Crippen LogP contribution in [0.3, 0.4) is 0 Å². The van der Waals surface area contributed by atoms with Crippen molar-refractivity contribution in [1.29, 1.82) is 0 Å². The maximum absolute atomic E-state index is 10.9. The van der Waals surface area contributed by atoms with Crippen LogP contribution < -0.4 is 0 Å². The second kappa shape index (κ2) is 5.64. The van der Waals surface area contributed by atoms with Crippen LogP contribution in [0.2, 0.25) is 0 Å². The molecule has 0 unspecified atom stereocenters. The minimum atomic E-state index is 0.411. The number of hydrogen-bond donors (Lipinski definition) is 0. The molecule has 6 heteroatoms. The van der Waals surface area contributed by atoms with Gasteiger partial charge in [0.25, 0.3) is 0 Å². The molecule has 6 nitrogen and oxygen atoms in total. The van der Waals surface area contributed by atoms with E-state index in [1.165, 1.54) is 0 Å². The summed E-state index contributed by atoms with van der Waals surface area (Å²) in [4.78, 5) is 28.6. The maximum atomic E-state index is 10.9. The van der Waals surface area contributed by atoms with Gasteiger partial charge in [0.15, 0.2) is 0 Å². The summed E-state index contributed by atoms with van der Waals surface area (Å²) in [5, 5.41) is 0. The molecule has 2 aromatic heterocycles. The van der Waals surface area contributed by atoms with Crippen molar-refractivity contribution in [3.8, 4) is 0 Å². The Labute approximate surface area is 98.4 Å². The minimum Gasteiger partial charge on any atom is -0.333 e. The van der Waals surface area contributed by atoms with E-state index < -0.39 is 0 Å². The van der Waals surface area contributed by atoms with Gasteiger partial charge in [0.2, 0.25) is 6.41 Å². The average Bonchev–Trinajstić information content (AvgIpc) is 2.40. The largest absolute Gasteiger partial charge is 0.333 e. The molecule has 0 atom stereocenters. The molecular formula is C11H11N5O. The van der Waals surface area contributed by atoms with Crippen molar-refractivity contribution in [1.82, 2.24) is 24.8 Å². The molecule has 0 aliphatic heterocycles. The van der Waals surface area contributed by atoms with Gasteiger partial charge < -0.3 is 4.90 Å². The van der Waals surface area contributed by atoms with Gasteiger partial charge in [0.1, 0.15) is 0 Å². The zero-order chi connectivity index (χ0) is 11.9. The van der Waals surface area contributed by atoms with Gasteiger partial charge in [-0.3, -0.25) is 24.7 Å². The number of amides is 1. The van der Waals surface area contributed by atoms with Gasteiger partial charge in [0, 0.05) is 24.8 Å². The third-order valence-electron chi connectivity index (χ3n) is 2.11. The lowest BCUT2D eigenvalue weighted by Gasteiger charge is -2.15. The van der Waals surface area contributed by atoms with E-state index in [4.69, 9.17) is 0 Å². The molecule has 0 N–H and O–H groups in total. The second-order valence-electron chi connectivity index (χ2n) is 3.40. The molecule has 0 radical (unpaired) electrons. The minimum absolute atomic E-state index is 0.411. The summed E-state index contributed by atoms with van der Waals surface area (Å²) in [6, 6.07) is 0. The fraction of sp³-hybridized carbons (Fsp3) is 0.182. The van der Waals surface area contributed by atoms with Crippen LogP contribution in [0.25, 0.3) is 0 Å². The van der Waals surface area contributed by atoms with E-state index in [1.54, 1.807) is 42.1 Å². The zero-order valence-corrected chi connectivity index (χ0v) is 9.10. The number of carbonyl (C=O) groups excluding carboxylic acids is 1. The average molecular weight is 229 g/mol. The summed E-state index contributed by atoms with van der Waals surface area (Å²) in [5.74, 6) is 0. The van der Waals surface area contributed by atoms with E-state index >= 15 is 0 Å². The van der Waals surface area contributed by atoms with Crippen molar-refractivity contribution in [2.75, 3.05) is 0 Å². The van der Waals surface area contributed by atoms with E-state index in [1.807, 2.05) is 0 Å². The van der Waals surface area contributed by atoms with Crippen LogP contribution in [-0.4, -0.2) is 31.2 Å². The molecule has 86 valence electrons. The van der Waals surface area contributed by atoms with E-state index in [2.05, 4.69) is 19.9 Å². The van der Waals surface area contributed by atoms with Gasteiger partial charge in [0.05, 0.1) is 36.9 Å². The summed E-state index contributed by atoms with van der Waals surface area (Å²) in [7, 11) is 0. The van der Waals surface area contributed by atoms with Crippen LogP contribution in [0, 0.1) is 0 Å². The van der Waals surface area contributed by atoms with Gasteiger partial charge in [-0.1, -0.05) is 0 Å². The van der Waals surface area contributed by atoms with E-state index in [0.717, 1.165) is 17.8 Å². The molecule has 17 heavy (non-hydrogen) atoms. The summed E-state index contributed by atoms with van der Waals surface area (Å²) in [6.45, 7) is 0.821. The van der Waals surface area contributed by atoms with Crippen molar-refractivity contribution in [3.63, 3.8) is 0 Å². The van der Waals surface area contributed by atoms with Gasteiger partial charge in [-0.25, -0.2) is 0 Å². The first-order chi connectivity index (χ1) is 8.38. The van der Waals surface area contributed by atoms with Gasteiger partial charge >= 0.3 is 0 Å². The molecule has 0 aliphatic rings. The maximum Gasteiger partial charge on any atom is 0.210 e. The SMILES string of the molecule is O=CN(Cc1cnccn1)Cc1cnccn1. The Morgan fingerprint density at radius 3 is 1.82 bits per heavy atom. The molecule has 0 aliphatic carbocycles. The summed E-state index contributed by atoms with van der Waals surface area (Å²) < 4.78 is 0. The second-order valence-corrected chi connectivity index (χ2v) is 3.40. The number of rotatable bonds is 5. The Kier molecular flexibility index (Phi) is 3.69. The quantitative estimate of drug-likeness (QED) is 0.695. The molecule has 2 heterocycles. The monoisotopic (exact) mass is 229 g/mol. The van der Waals surface area contributed by atoms with Crippen LogP contribution in [0.15, 0.2) is 37.2 Å². The molecule has 0 fully saturated rings. The predicted molar refractivity (Wildman–Crippen MR) is 59.4 cm³/mol. The molecule has 0 aromatic carbocycles. The topological polar surface area (TPSA) is 71.9 Å². The number of aromatic nitrogens is 4. The summed E-state index contributed by atoms with van der Waals surface area (Å²) >= 11 is 0. The van der Waals surface area contributed by atoms with Crippen molar-refractivity contribution in [2.45, 2.75) is 13.1 Å². The van der Waals surface area contributed by atoms with Crippen LogP contribution in [0.5, 0.6) is 0 Å². The highest BCUT2D eigenvalue weighted by Crippen LogP contribution is 2.02. The molecule has 0 saturated heterocycles. The van der Waals surface area contributed by atoms with Gasteiger partial charge in [-0.2, -0.15) is 0 Å². The molecule has 0 spiro atoms. The Hall–Kier alpha value is -2.37. The van der Waals surface area contributed by atoms with E-state index in [0.29, 0.717) is 13.1 Å². The molecule has 2 rings (SSSR count). The molecular weight excluding hydrogens is 218 g/mol. The predicted octanol–water partition coefficient (Wildman–Crippen LogP) is 0.425. The van der Waals surface area contributed by atoms with Gasteiger partial charge in [-0.05, 0) is 0 Å². The normalized spacial score (nSPS) is 9.88. The first kappa shape index (κ1) is 11.1. The fourth-order valence-corrected chi connectivity index (χ4v) is 1.37. The Balaban J connectivity index is 2.01. The van der Waals surface area contributed by atoms with Crippen molar-refractivity contribution >= 4 is 6.41 Å². The van der Waals surface area contributed by atoms with Crippen molar-refractivity contribution in [2.24, 2.45) is 0 Å². The van der Waals surface area contributed by atoms with Crippen LogP contribution in [0.4, 0.5) is 0 Å². The van der Waals surface area contributed by atoms with Crippen LogP contribution >= 0.6 is 0 Å². The lowest BCUT2D eigenvalue weighted by Crippen LogP contribution is -2.22. The highest BCUT2D eigenvalue weighted by molar-refractivity contribution is 5.47. The standard InChI is InChI=1S/C11H11N5O/c17-9-16(7-10-5-12-1-3-14-10)8-11-6-13-2-4-15-11/h1-6,9H,7-8H2. The van der Waals surface area contributed by atoms with Crippen LogP contribution in [-0.2, 0) is 17.9 Å². The first-order valence-corrected chi connectivity index (χ1v) is 5.07. The number of carbonyl (C=O) groups is 1. The third kappa shape index (κ3) is 3.30. The molecule has 2 aromatic rings. The lowest BCUT2D eigenvalue weighted by molar-refractivity contribution is -0.119. The van der Waals surface area contributed by atoms with Crippen molar-refractivity contribution in [3.05, 3.63) is 48.6 Å². The lowest BCUT2D eigenvalue weighted by atomic mass is 10.3. The molecule has 1 amide bonds. The summed E-state index contributed by atoms with van der Waals surface area (Å²) in [5.41, 5.74) is 1.48. The Morgan fingerprint density at radius 2 is 1.47 bits per heavy atom. The molecule has 0 saturated carbocycles. The number of hydrogen-bond acceptors (Lipinski definition) is 5. The highest BCUT2D eigenvalue weighted by atomic mass is 16.1. The van der Waals surface area contributed by atoms with E-state index in [-0.39, 0.29) is 0 Å². The molecule has 0 bridgehead atoms. The number of nitrogens with zero attached hydrogens (tertiary/aromatic N) is 5. The van der Waals surface area contributed by atoms with Crippen molar-refractivity contribution < 1.29 is 4.79 Å². The Morgan fingerprint density at radius 1 is 0.941 bits per heavy atom.